The summed E-state index contributed by atoms with van der Waals surface area (Å²) in [5.41, 5.74) is 0.748. The van der Waals surface area contributed by atoms with Crippen LogP contribution >= 0.6 is 0 Å². The zero-order valence-corrected chi connectivity index (χ0v) is 11.3. The third kappa shape index (κ3) is 3.01. The molecule has 0 radical (unpaired) electrons. The molecule has 2 rings (SSSR count). The molecule has 0 bridgehead atoms. The molecule has 0 aliphatic heterocycles. The molecular weight excluding hydrogens is 264 g/mol. The molecule has 0 fully saturated rings. The molecule has 0 spiro atoms. The number of aromatic nitrogens is 2. The van der Waals surface area contributed by atoms with Crippen LogP contribution in [-0.2, 0) is 6.42 Å². The SMILES string of the molecule is CCNc1ncnc(Oc2ccc(F)cc2F)c1CC. The fourth-order valence-corrected chi connectivity index (χ4v) is 1.78. The lowest BCUT2D eigenvalue weighted by Crippen LogP contribution is -2.06. The first-order valence-electron chi connectivity index (χ1n) is 6.36. The molecule has 0 atom stereocenters. The smallest absolute Gasteiger partial charge is 0.227 e. The molecule has 0 saturated carbocycles. The number of rotatable bonds is 5. The molecule has 0 saturated heterocycles. The number of hydrogen-bond acceptors (Lipinski definition) is 4. The molecule has 1 N–H and O–H groups in total. The van der Waals surface area contributed by atoms with E-state index in [1.54, 1.807) is 0 Å². The molecule has 2 aromatic rings. The normalized spacial score (nSPS) is 10.4. The number of nitrogens with one attached hydrogen (secondary N) is 1. The van der Waals surface area contributed by atoms with Crippen LogP contribution in [0.3, 0.4) is 0 Å². The van der Waals surface area contributed by atoms with Crippen molar-refractivity contribution >= 4 is 5.82 Å². The maximum atomic E-state index is 13.6. The standard InChI is InChI=1S/C14H15F2N3O/c1-3-10-13(17-4-2)18-8-19-14(10)20-12-6-5-9(15)7-11(12)16/h5-8H,3-4H2,1-2H3,(H,17,18,19). The van der Waals surface area contributed by atoms with Gasteiger partial charge in [0.1, 0.15) is 18.0 Å². The predicted octanol–water partition coefficient (Wildman–Crippen LogP) is 3.54. The molecule has 0 aliphatic rings. The summed E-state index contributed by atoms with van der Waals surface area (Å²) in [4.78, 5) is 8.14. The van der Waals surface area contributed by atoms with Gasteiger partial charge in [0.25, 0.3) is 0 Å². The first kappa shape index (κ1) is 14.2. The maximum Gasteiger partial charge on any atom is 0.227 e. The molecule has 1 aromatic heterocycles. The molecule has 6 heteroatoms. The Kier molecular flexibility index (Phi) is 4.45. The minimum absolute atomic E-state index is 0.0674. The highest BCUT2D eigenvalue weighted by Crippen LogP contribution is 2.29. The van der Waals surface area contributed by atoms with Crippen LogP contribution in [0.15, 0.2) is 24.5 Å². The van der Waals surface area contributed by atoms with Gasteiger partial charge in [-0.05, 0) is 25.5 Å². The first-order chi connectivity index (χ1) is 9.65. The summed E-state index contributed by atoms with van der Waals surface area (Å²) >= 11 is 0. The Morgan fingerprint density at radius 1 is 1.20 bits per heavy atom. The zero-order valence-electron chi connectivity index (χ0n) is 11.3. The monoisotopic (exact) mass is 279 g/mol. The van der Waals surface area contributed by atoms with Gasteiger partial charge in [-0.1, -0.05) is 6.92 Å². The summed E-state index contributed by atoms with van der Waals surface area (Å²) in [5, 5.41) is 3.09. The minimum atomic E-state index is -0.768. The Balaban J connectivity index is 2.35. The topological polar surface area (TPSA) is 47.0 Å². The minimum Gasteiger partial charge on any atom is -0.435 e. The maximum absolute atomic E-state index is 13.6. The fraction of sp³-hybridized carbons (Fsp3) is 0.286. The lowest BCUT2D eigenvalue weighted by atomic mass is 10.2. The van der Waals surface area contributed by atoms with E-state index in [4.69, 9.17) is 4.74 Å². The van der Waals surface area contributed by atoms with Crippen molar-refractivity contribution in [3.8, 4) is 11.6 Å². The average Bonchev–Trinajstić information content (AvgIpc) is 2.42. The zero-order chi connectivity index (χ0) is 14.5. The van der Waals surface area contributed by atoms with Gasteiger partial charge in [-0.3, -0.25) is 0 Å². The summed E-state index contributed by atoms with van der Waals surface area (Å²) in [6.45, 7) is 4.57. The van der Waals surface area contributed by atoms with Crippen LogP contribution in [0.5, 0.6) is 11.6 Å². The second kappa shape index (κ2) is 6.27. The predicted molar refractivity (Wildman–Crippen MR) is 72.0 cm³/mol. The molecule has 1 aromatic carbocycles. The van der Waals surface area contributed by atoms with Crippen molar-refractivity contribution in [1.82, 2.24) is 9.97 Å². The summed E-state index contributed by atoms with van der Waals surface area (Å²) < 4.78 is 31.9. The first-order valence-corrected chi connectivity index (χ1v) is 6.36. The van der Waals surface area contributed by atoms with E-state index in [0.29, 0.717) is 18.8 Å². The summed E-state index contributed by atoms with van der Waals surface area (Å²) in [5.74, 6) is -0.564. The average molecular weight is 279 g/mol. The highest BCUT2D eigenvalue weighted by Gasteiger charge is 2.13. The van der Waals surface area contributed by atoms with E-state index in [9.17, 15) is 8.78 Å². The summed E-state index contributed by atoms with van der Waals surface area (Å²) in [7, 11) is 0. The van der Waals surface area contributed by atoms with Crippen molar-refractivity contribution in [3.63, 3.8) is 0 Å². The van der Waals surface area contributed by atoms with Crippen LogP contribution in [0.1, 0.15) is 19.4 Å². The van der Waals surface area contributed by atoms with Crippen LogP contribution in [0.4, 0.5) is 14.6 Å². The number of hydrogen-bond donors (Lipinski definition) is 1. The summed E-state index contributed by atoms with van der Waals surface area (Å²) in [6.07, 6.45) is 1.97. The Bertz CT molecular complexity index is 605. The van der Waals surface area contributed by atoms with Crippen LogP contribution in [0.25, 0.3) is 0 Å². The Morgan fingerprint density at radius 3 is 2.65 bits per heavy atom. The van der Waals surface area contributed by atoms with Gasteiger partial charge in [0, 0.05) is 12.6 Å². The van der Waals surface area contributed by atoms with Gasteiger partial charge in [0.15, 0.2) is 11.6 Å². The van der Waals surface area contributed by atoms with Gasteiger partial charge in [-0.15, -0.1) is 0 Å². The number of anilines is 1. The van der Waals surface area contributed by atoms with E-state index < -0.39 is 11.6 Å². The lowest BCUT2D eigenvalue weighted by Gasteiger charge is -2.13. The van der Waals surface area contributed by atoms with Gasteiger partial charge in [-0.25, -0.2) is 18.7 Å². The number of ether oxygens (including phenoxy) is 1. The van der Waals surface area contributed by atoms with Gasteiger partial charge < -0.3 is 10.1 Å². The third-order valence-corrected chi connectivity index (χ3v) is 2.70. The van der Waals surface area contributed by atoms with Crippen molar-refractivity contribution in [2.45, 2.75) is 20.3 Å². The third-order valence-electron chi connectivity index (χ3n) is 2.70. The van der Waals surface area contributed by atoms with Gasteiger partial charge in [0.2, 0.25) is 5.88 Å². The molecule has 0 unspecified atom stereocenters. The number of nitrogens with zero attached hydrogens (tertiary/aromatic N) is 2. The van der Waals surface area contributed by atoms with Crippen molar-refractivity contribution in [2.75, 3.05) is 11.9 Å². The van der Waals surface area contributed by atoms with Gasteiger partial charge >= 0.3 is 0 Å². The molecular formula is C14H15F2N3O. The molecule has 0 aliphatic carbocycles. The quantitative estimate of drug-likeness (QED) is 0.909. The lowest BCUT2D eigenvalue weighted by molar-refractivity contribution is 0.418. The molecule has 106 valence electrons. The van der Waals surface area contributed by atoms with E-state index in [1.807, 2.05) is 13.8 Å². The Morgan fingerprint density at radius 2 is 2.00 bits per heavy atom. The van der Waals surface area contributed by atoms with Crippen LogP contribution in [0.2, 0.25) is 0 Å². The Hall–Kier alpha value is -2.24. The van der Waals surface area contributed by atoms with Gasteiger partial charge in [0.05, 0.1) is 5.56 Å². The highest BCUT2D eigenvalue weighted by atomic mass is 19.1. The van der Waals surface area contributed by atoms with Crippen molar-refractivity contribution in [3.05, 3.63) is 41.7 Å². The van der Waals surface area contributed by atoms with E-state index in [-0.39, 0.29) is 11.6 Å². The fourth-order valence-electron chi connectivity index (χ4n) is 1.78. The largest absolute Gasteiger partial charge is 0.435 e. The molecule has 1 heterocycles. The van der Waals surface area contributed by atoms with E-state index in [0.717, 1.165) is 17.7 Å². The number of halogens is 2. The van der Waals surface area contributed by atoms with Crippen molar-refractivity contribution < 1.29 is 13.5 Å². The van der Waals surface area contributed by atoms with E-state index in [2.05, 4.69) is 15.3 Å². The molecule has 4 nitrogen and oxygen atoms in total. The van der Waals surface area contributed by atoms with Crippen LogP contribution in [-0.4, -0.2) is 16.5 Å². The van der Waals surface area contributed by atoms with E-state index >= 15 is 0 Å². The Labute approximate surface area is 115 Å². The van der Waals surface area contributed by atoms with E-state index in [1.165, 1.54) is 12.4 Å². The van der Waals surface area contributed by atoms with Crippen LogP contribution < -0.4 is 10.1 Å². The highest BCUT2D eigenvalue weighted by molar-refractivity contribution is 5.49. The van der Waals surface area contributed by atoms with Crippen LogP contribution in [0, 0.1) is 11.6 Å². The summed E-state index contributed by atoms with van der Waals surface area (Å²) in [6, 6.07) is 3.14. The van der Waals surface area contributed by atoms with Crippen molar-refractivity contribution in [1.29, 1.82) is 0 Å². The molecule has 20 heavy (non-hydrogen) atoms. The van der Waals surface area contributed by atoms with Gasteiger partial charge in [-0.2, -0.15) is 0 Å². The second-order valence-corrected chi connectivity index (χ2v) is 4.07. The second-order valence-electron chi connectivity index (χ2n) is 4.07. The number of benzene rings is 1. The molecule has 0 amide bonds. The van der Waals surface area contributed by atoms with Crippen molar-refractivity contribution in [2.24, 2.45) is 0 Å².